The van der Waals surface area contributed by atoms with E-state index >= 15 is 0 Å². The fraction of sp³-hybridized carbons (Fsp3) is 0.200. The van der Waals surface area contributed by atoms with E-state index in [9.17, 15) is 19.2 Å². The minimum absolute atomic E-state index is 0.154. The molecular weight excluding hydrogens is 344 g/mol. The van der Waals surface area contributed by atoms with Crippen LogP contribution in [0.3, 0.4) is 0 Å². The maximum Gasteiger partial charge on any atom is 0.205 e. The smallest absolute Gasteiger partial charge is 0.205 e. The zero-order valence-electron chi connectivity index (χ0n) is 8.39. The Labute approximate surface area is 108 Å². The van der Waals surface area contributed by atoms with Crippen LogP contribution in [0.2, 0.25) is 0 Å². The first-order chi connectivity index (χ1) is 7.29. The highest BCUT2D eigenvalue weighted by Gasteiger charge is 2.36. The largest absolute Gasteiger partial charge is 0.294 e. The summed E-state index contributed by atoms with van der Waals surface area (Å²) in [6.07, 6.45) is 0. The SMILES string of the molecule is CC(=O)C1=C(Br)C(=O)C(C(C)=O)=C(Br)C1=O. The average molecular weight is 350 g/mol. The quantitative estimate of drug-likeness (QED) is 0.561. The second kappa shape index (κ2) is 4.55. The standard InChI is InChI=1S/C10H6Br2O4/c1-3(13)5-7(11)10(16)6(4(2)14)8(12)9(5)15/h1-2H3. The van der Waals surface area contributed by atoms with E-state index in [1.165, 1.54) is 13.8 Å². The number of hydrogen-bond acceptors (Lipinski definition) is 4. The highest BCUT2D eigenvalue weighted by Crippen LogP contribution is 2.32. The van der Waals surface area contributed by atoms with Gasteiger partial charge in [-0.1, -0.05) is 0 Å². The van der Waals surface area contributed by atoms with E-state index in [1.807, 2.05) is 0 Å². The number of halogens is 2. The summed E-state index contributed by atoms with van der Waals surface area (Å²) in [5.74, 6) is -2.34. The lowest BCUT2D eigenvalue weighted by Crippen LogP contribution is -2.26. The first kappa shape index (κ1) is 13.2. The third-order valence-corrected chi connectivity index (χ3v) is 3.51. The van der Waals surface area contributed by atoms with Crippen molar-refractivity contribution in [1.82, 2.24) is 0 Å². The van der Waals surface area contributed by atoms with E-state index in [0.29, 0.717) is 0 Å². The molecule has 0 saturated heterocycles. The predicted molar refractivity (Wildman–Crippen MR) is 63.3 cm³/mol. The summed E-state index contributed by atoms with van der Waals surface area (Å²) in [6, 6.07) is 0. The van der Waals surface area contributed by atoms with Crippen molar-refractivity contribution in [3.05, 3.63) is 20.1 Å². The molecule has 84 valence electrons. The van der Waals surface area contributed by atoms with Gasteiger partial charge in [0.25, 0.3) is 0 Å². The van der Waals surface area contributed by atoms with E-state index in [4.69, 9.17) is 0 Å². The lowest BCUT2D eigenvalue weighted by molar-refractivity contribution is -0.122. The van der Waals surface area contributed by atoms with Crippen molar-refractivity contribution >= 4 is 55.0 Å². The van der Waals surface area contributed by atoms with Crippen molar-refractivity contribution in [2.45, 2.75) is 13.8 Å². The molecule has 16 heavy (non-hydrogen) atoms. The maximum absolute atomic E-state index is 11.7. The normalized spacial score (nSPS) is 17.0. The van der Waals surface area contributed by atoms with Crippen molar-refractivity contribution in [2.75, 3.05) is 0 Å². The summed E-state index contributed by atoms with van der Waals surface area (Å²) in [5.41, 5.74) is -0.469. The molecule has 4 nitrogen and oxygen atoms in total. The van der Waals surface area contributed by atoms with Gasteiger partial charge in [0, 0.05) is 0 Å². The van der Waals surface area contributed by atoms with Gasteiger partial charge >= 0.3 is 0 Å². The number of carbonyl (C=O) groups excluding carboxylic acids is 4. The second-order valence-corrected chi connectivity index (χ2v) is 4.73. The van der Waals surface area contributed by atoms with Gasteiger partial charge in [-0.05, 0) is 45.7 Å². The number of carbonyl (C=O) groups is 4. The molecule has 0 unspecified atom stereocenters. The van der Waals surface area contributed by atoms with Gasteiger partial charge in [-0.3, -0.25) is 19.2 Å². The Morgan fingerprint density at radius 3 is 1.25 bits per heavy atom. The lowest BCUT2D eigenvalue weighted by Gasteiger charge is -2.14. The zero-order chi connectivity index (χ0) is 12.6. The van der Waals surface area contributed by atoms with Gasteiger partial charge in [-0.25, -0.2) is 0 Å². The molecule has 0 saturated carbocycles. The summed E-state index contributed by atoms with van der Waals surface area (Å²) >= 11 is 5.76. The van der Waals surface area contributed by atoms with E-state index in [-0.39, 0.29) is 20.1 Å². The van der Waals surface area contributed by atoms with Gasteiger partial charge in [0.05, 0.1) is 20.1 Å². The number of allylic oxidation sites excluding steroid dienone is 4. The molecule has 6 heteroatoms. The van der Waals surface area contributed by atoms with Crippen LogP contribution in [0, 0.1) is 0 Å². The molecule has 0 heterocycles. The molecule has 1 aliphatic carbocycles. The summed E-state index contributed by atoms with van der Waals surface area (Å²) in [4.78, 5) is 45.8. The highest BCUT2D eigenvalue weighted by molar-refractivity contribution is 9.12. The van der Waals surface area contributed by atoms with Crippen molar-refractivity contribution < 1.29 is 19.2 Å². The van der Waals surface area contributed by atoms with E-state index in [1.54, 1.807) is 0 Å². The monoisotopic (exact) mass is 348 g/mol. The Bertz CT molecular complexity index is 451. The fourth-order valence-corrected chi connectivity index (χ4v) is 2.59. The number of ketones is 4. The fourth-order valence-electron chi connectivity index (χ4n) is 1.27. The van der Waals surface area contributed by atoms with Crippen LogP contribution in [-0.4, -0.2) is 23.1 Å². The minimum atomic E-state index is -0.649. The summed E-state index contributed by atoms with van der Waals surface area (Å²) in [6.45, 7) is 2.36. The van der Waals surface area contributed by atoms with Gasteiger partial charge in [0.2, 0.25) is 11.6 Å². The molecular formula is C10H6Br2O4. The van der Waals surface area contributed by atoms with Crippen molar-refractivity contribution in [3.63, 3.8) is 0 Å². The Balaban J connectivity index is 3.49. The molecule has 0 atom stereocenters. The van der Waals surface area contributed by atoms with Gasteiger partial charge < -0.3 is 0 Å². The van der Waals surface area contributed by atoms with Crippen LogP contribution < -0.4 is 0 Å². The topological polar surface area (TPSA) is 68.3 Å². The average Bonchev–Trinajstić information content (AvgIpc) is 2.14. The van der Waals surface area contributed by atoms with Crippen molar-refractivity contribution in [2.24, 2.45) is 0 Å². The predicted octanol–water partition coefficient (Wildman–Crippen LogP) is 1.61. The molecule has 0 radical (unpaired) electrons. The lowest BCUT2D eigenvalue weighted by atomic mass is 9.93. The van der Waals surface area contributed by atoms with Crippen molar-refractivity contribution in [1.29, 1.82) is 0 Å². The third kappa shape index (κ3) is 1.99. The molecule has 0 aromatic carbocycles. The highest BCUT2D eigenvalue weighted by atomic mass is 79.9. The van der Waals surface area contributed by atoms with Gasteiger partial charge in [-0.15, -0.1) is 0 Å². The first-order valence-corrected chi connectivity index (χ1v) is 5.78. The molecule has 1 rings (SSSR count). The molecule has 0 aromatic rings. The summed E-state index contributed by atoms with van der Waals surface area (Å²) < 4.78 is -0.309. The maximum atomic E-state index is 11.7. The molecule has 0 aromatic heterocycles. The van der Waals surface area contributed by atoms with Crippen LogP contribution in [0.25, 0.3) is 0 Å². The van der Waals surface area contributed by atoms with Crippen LogP contribution in [-0.2, 0) is 19.2 Å². The second-order valence-electron chi connectivity index (χ2n) is 3.15. The molecule has 0 amide bonds. The first-order valence-electron chi connectivity index (χ1n) is 4.19. The van der Waals surface area contributed by atoms with Crippen LogP contribution in [0.4, 0.5) is 0 Å². The number of Topliss-reactive ketones (excluding diaryl/α,β-unsaturated/α-hetero) is 4. The van der Waals surface area contributed by atoms with Gasteiger partial charge in [0.15, 0.2) is 11.6 Å². The molecule has 0 aliphatic heterocycles. The Hall–Kier alpha value is -0.880. The van der Waals surface area contributed by atoms with E-state index < -0.39 is 23.1 Å². The van der Waals surface area contributed by atoms with E-state index in [2.05, 4.69) is 31.9 Å². The van der Waals surface area contributed by atoms with Gasteiger partial charge in [0.1, 0.15) is 0 Å². The van der Waals surface area contributed by atoms with Crippen LogP contribution >= 0.6 is 31.9 Å². The molecule has 0 N–H and O–H groups in total. The van der Waals surface area contributed by atoms with Crippen LogP contribution in [0.1, 0.15) is 13.8 Å². The van der Waals surface area contributed by atoms with Gasteiger partial charge in [-0.2, -0.15) is 0 Å². The molecule has 0 spiro atoms. The van der Waals surface area contributed by atoms with Crippen molar-refractivity contribution in [3.8, 4) is 0 Å². The van der Waals surface area contributed by atoms with Crippen LogP contribution in [0.5, 0.6) is 0 Å². The summed E-state index contributed by atoms with van der Waals surface area (Å²) in [5, 5.41) is 0. The molecule has 0 bridgehead atoms. The van der Waals surface area contributed by atoms with E-state index in [0.717, 1.165) is 0 Å². The molecule has 0 fully saturated rings. The summed E-state index contributed by atoms with van der Waals surface area (Å²) in [7, 11) is 0. The van der Waals surface area contributed by atoms with Crippen LogP contribution in [0.15, 0.2) is 20.1 Å². The minimum Gasteiger partial charge on any atom is -0.294 e. The number of rotatable bonds is 2. The zero-order valence-corrected chi connectivity index (χ0v) is 11.6. The molecule has 1 aliphatic rings. The Morgan fingerprint density at radius 1 is 0.812 bits per heavy atom. The number of hydrogen-bond donors (Lipinski definition) is 0. The Kier molecular flexibility index (Phi) is 3.75. The third-order valence-electron chi connectivity index (χ3n) is 2.00. The Morgan fingerprint density at radius 2 is 1.06 bits per heavy atom.